The fourth-order valence-electron chi connectivity index (χ4n) is 2.23. The van der Waals surface area contributed by atoms with Gasteiger partial charge in [-0.3, -0.25) is 0 Å². The van der Waals surface area contributed by atoms with Crippen LogP contribution >= 0.6 is 0 Å². The first-order chi connectivity index (χ1) is 10.0. The Kier molecular flexibility index (Phi) is 4.85. The average molecular weight is 294 g/mol. The summed E-state index contributed by atoms with van der Waals surface area (Å²) in [4.78, 5) is 1.66. The van der Waals surface area contributed by atoms with Crippen LogP contribution in [0.5, 0.6) is 0 Å². The molecule has 0 fully saturated rings. The molecule has 112 valence electrons. The second-order valence-electron chi connectivity index (χ2n) is 4.71. The van der Waals surface area contributed by atoms with Crippen molar-refractivity contribution >= 4 is 5.69 Å². The van der Waals surface area contributed by atoms with Gasteiger partial charge in [0.15, 0.2) is 0 Å². The second-order valence-corrected chi connectivity index (χ2v) is 4.71. The van der Waals surface area contributed by atoms with Gasteiger partial charge in [0.25, 0.3) is 0 Å². The molecule has 0 saturated heterocycles. The summed E-state index contributed by atoms with van der Waals surface area (Å²) in [6, 6.07) is 15.0. The van der Waals surface area contributed by atoms with Gasteiger partial charge in [0.05, 0.1) is 5.56 Å². The summed E-state index contributed by atoms with van der Waals surface area (Å²) in [5, 5.41) is 0. The lowest BCUT2D eigenvalue weighted by molar-refractivity contribution is -0.137. The SMILES string of the molecule is NCCN(Cc1ccccc1)c1ccccc1C(F)(F)F. The summed E-state index contributed by atoms with van der Waals surface area (Å²) >= 11 is 0. The molecule has 2 aromatic rings. The topological polar surface area (TPSA) is 29.3 Å². The highest BCUT2D eigenvalue weighted by Gasteiger charge is 2.34. The Hall–Kier alpha value is -2.01. The van der Waals surface area contributed by atoms with Crippen molar-refractivity contribution in [3.63, 3.8) is 0 Å². The van der Waals surface area contributed by atoms with Crippen molar-refractivity contribution in [3.05, 3.63) is 65.7 Å². The molecule has 0 aliphatic heterocycles. The monoisotopic (exact) mass is 294 g/mol. The minimum atomic E-state index is -4.37. The largest absolute Gasteiger partial charge is 0.418 e. The van der Waals surface area contributed by atoms with Crippen molar-refractivity contribution < 1.29 is 13.2 Å². The summed E-state index contributed by atoms with van der Waals surface area (Å²) in [5.41, 5.74) is 6.04. The van der Waals surface area contributed by atoms with E-state index in [2.05, 4.69) is 0 Å². The molecule has 0 aromatic heterocycles. The van der Waals surface area contributed by atoms with Crippen molar-refractivity contribution in [2.45, 2.75) is 12.7 Å². The van der Waals surface area contributed by atoms with Crippen LogP contribution in [0.15, 0.2) is 54.6 Å². The van der Waals surface area contributed by atoms with Crippen molar-refractivity contribution in [2.24, 2.45) is 5.73 Å². The van der Waals surface area contributed by atoms with Crippen LogP contribution in [0, 0.1) is 0 Å². The predicted molar refractivity (Wildman–Crippen MR) is 78.0 cm³/mol. The smallest absolute Gasteiger partial charge is 0.365 e. The maximum atomic E-state index is 13.1. The summed E-state index contributed by atoms with van der Waals surface area (Å²) in [6.07, 6.45) is -4.37. The third-order valence-corrected chi connectivity index (χ3v) is 3.17. The zero-order valence-electron chi connectivity index (χ0n) is 11.5. The summed E-state index contributed by atoms with van der Waals surface area (Å²) in [6.45, 7) is 1.05. The Bertz CT molecular complexity index is 567. The van der Waals surface area contributed by atoms with Crippen LogP contribution in [-0.2, 0) is 12.7 Å². The molecule has 2 nitrogen and oxygen atoms in total. The quantitative estimate of drug-likeness (QED) is 0.911. The van der Waals surface area contributed by atoms with E-state index in [0.717, 1.165) is 11.6 Å². The van der Waals surface area contributed by atoms with E-state index in [0.29, 0.717) is 19.6 Å². The molecule has 0 aliphatic rings. The number of alkyl halides is 3. The molecular formula is C16H17F3N2. The van der Waals surface area contributed by atoms with E-state index in [1.807, 2.05) is 30.3 Å². The molecule has 0 spiro atoms. The third kappa shape index (κ3) is 3.98. The second kappa shape index (κ2) is 6.63. The Balaban J connectivity index is 2.35. The Morgan fingerprint density at radius 3 is 2.14 bits per heavy atom. The van der Waals surface area contributed by atoms with Gasteiger partial charge in [-0.2, -0.15) is 13.2 Å². The van der Waals surface area contributed by atoms with Crippen LogP contribution in [0.1, 0.15) is 11.1 Å². The molecule has 5 heteroatoms. The lowest BCUT2D eigenvalue weighted by atomic mass is 10.1. The van der Waals surface area contributed by atoms with Crippen molar-refractivity contribution in [3.8, 4) is 0 Å². The maximum absolute atomic E-state index is 13.1. The summed E-state index contributed by atoms with van der Waals surface area (Å²) in [7, 11) is 0. The van der Waals surface area contributed by atoms with Gasteiger partial charge in [-0.1, -0.05) is 42.5 Å². The van der Waals surface area contributed by atoms with Gasteiger partial charge in [-0.05, 0) is 17.7 Å². The molecule has 2 aromatic carbocycles. The zero-order valence-corrected chi connectivity index (χ0v) is 11.5. The van der Waals surface area contributed by atoms with Crippen molar-refractivity contribution in [2.75, 3.05) is 18.0 Å². The molecule has 0 heterocycles. The van der Waals surface area contributed by atoms with Crippen LogP contribution in [0.2, 0.25) is 0 Å². The summed E-state index contributed by atoms with van der Waals surface area (Å²) in [5.74, 6) is 0. The molecule has 21 heavy (non-hydrogen) atoms. The maximum Gasteiger partial charge on any atom is 0.418 e. The van der Waals surface area contributed by atoms with Crippen LogP contribution < -0.4 is 10.6 Å². The fourth-order valence-corrected chi connectivity index (χ4v) is 2.23. The fraction of sp³-hybridized carbons (Fsp3) is 0.250. The van der Waals surface area contributed by atoms with E-state index in [-0.39, 0.29) is 5.69 Å². The molecule has 0 radical (unpaired) electrons. The summed E-state index contributed by atoms with van der Waals surface area (Å²) < 4.78 is 39.4. The van der Waals surface area contributed by atoms with E-state index in [1.54, 1.807) is 11.0 Å². The molecule has 0 bridgehead atoms. The van der Waals surface area contributed by atoms with E-state index >= 15 is 0 Å². The first-order valence-corrected chi connectivity index (χ1v) is 6.67. The number of halogens is 3. The molecule has 0 atom stereocenters. The minimum Gasteiger partial charge on any atom is -0.365 e. The minimum absolute atomic E-state index is 0.166. The lowest BCUT2D eigenvalue weighted by Gasteiger charge is -2.27. The Morgan fingerprint density at radius 2 is 1.52 bits per heavy atom. The molecular weight excluding hydrogens is 277 g/mol. The van der Waals surface area contributed by atoms with Gasteiger partial charge in [0.2, 0.25) is 0 Å². The standard InChI is InChI=1S/C16H17F3N2/c17-16(18,19)14-8-4-5-9-15(14)21(11-10-20)12-13-6-2-1-3-7-13/h1-9H,10-12,20H2. The van der Waals surface area contributed by atoms with Gasteiger partial charge in [-0.15, -0.1) is 0 Å². The molecule has 2 rings (SSSR count). The van der Waals surface area contributed by atoms with E-state index < -0.39 is 11.7 Å². The molecule has 2 N–H and O–H groups in total. The van der Waals surface area contributed by atoms with Crippen molar-refractivity contribution in [1.82, 2.24) is 0 Å². The number of rotatable bonds is 5. The van der Waals surface area contributed by atoms with Crippen LogP contribution in [0.4, 0.5) is 18.9 Å². The predicted octanol–water partition coefficient (Wildman–Crippen LogP) is 3.67. The number of nitrogens with zero attached hydrogens (tertiary/aromatic N) is 1. The van der Waals surface area contributed by atoms with Gasteiger partial charge in [0.1, 0.15) is 0 Å². The normalized spacial score (nSPS) is 11.4. The number of hydrogen-bond acceptors (Lipinski definition) is 2. The number of benzene rings is 2. The molecule has 0 unspecified atom stereocenters. The van der Waals surface area contributed by atoms with Gasteiger partial charge in [-0.25, -0.2) is 0 Å². The lowest BCUT2D eigenvalue weighted by Crippen LogP contribution is -2.30. The van der Waals surface area contributed by atoms with Gasteiger partial charge in [0, 0.05) is 25.3 Å². The van der Waals surface area contributed by atoms with E-state index in [4.69, 9.17) is 5.73 Å². The molecule has 0 amide bonds. The van der Waals surface area contributed by atoms with Crippen molar-refractivity contribution in [1.29, 1.82) is 0 Å². The van der Waals surface area contributed by atoms with E-state index in [9.17, 15) is 13.2 Å². The Morgan fingerprint density at radius 1 is 0.905 bits per heavy atom. The first kappa shape index (κ1) is 15.4. The number of hydrogen-bond donors (Lipinski definition) is 1. The number of anilines is 1. The number of para-hydroxylation sites is 1. The van der Waals surface area contributed by atoms with Crippen LogP contribution in [0.25, 0.3) is 0 Å². The highest BCUT2D eigenvalue weighted by atomic mass is 19.4. The van der Waals surface area contributed by atoms with Crippen LogP contribution in [0.3, 0.4) is 0 Å². The first-order valence-electron chi connectivity index (χ1n) is 6.67. The highest BCUT2D eigenvalue weighted by molar-refractivity contribution is 5.55. The molecule has 0 saturated carbocycles. The third-order valence-electron chi connectivity index (χ3n) is 3.17. The Labute approximate surface area is 122 Å². The molecule has 0 aliphatic carbocycles. The average Bonchev–Trinajstić information content (AvgIpc) is 2.47. The highest BCUT2D eigenvalue weighted by Crippen LogP contribution is 2.36. The van der Waals surface area contributed by atoms with Crippen LogP contribution in [-0.4, -0.2) is 13.1 Å². The zero-order chi connectivity index (χ0) is 15.3. The van der Waals surface area contributed by atoms with Gasteiger partial charge < -0.3 is 10.6 Å². The van der Waals surface area contributed by atoms with Gasteiger partial charge >= 0.3 is 6.18 Å². The number of nitrogens with two attached hydrogens (primary N) is 1. The van der Waals surface area contributed by atoms with E-state index in [1.165, 1.54) is 12.1 Å².